The molecule has 0 bridgehead atoms. The summed E-state index contributed by atoms with van der Waals surface area (Å²) in [6.07, 6.45) is 5.59. The molecule has 0 saturated heterocycles. The molecule has 166 valence electrons. The number of phenols is 1. The average Bonchev–Trinajstić information content (AvgIpc) is 2.76. The van der Waals surface area contributed by atoms with Crippen molar-refractivity contribution in [3.05, 3.63) is 60.3 Å². The third-order valence-corrected chi connectivity index (χ3v) is 6.32. The van der Waals surface area contributed by atoms with Gasteiger partial charge in [-0.3, -0.25) is 4.79 Å². The van der Waals surface area contributed by atoms with Crippen molar-refractivity contribution in [3.63, 3.8) is 0 Å². The zero-order valence-electron chi connectivity index (χ0n) is 17.5. The quantitative estimate of drug-likeness (QED) is 0.366. The SMILES string of the molecule is NC(=O)c1cnc(N[C@@H]2CCCC[C@@H]2N)nc1Nc1cccc(Sc2cccc(O)c2)c1. The van der Waals surface area contributed by atoms with E-state index in [1.54, 1.807) is 18.2 Å². The molecule has 2 atom stereocenters. The fraction of sp³-hybridized carbons (Fsp3) is 0.261. The predicted octanol–water partition coefficient (Wildman–Crippen LogP) is 3.86. The molecule has 4 rings (SSSR count). The van der Waals surface area contributed by atoms with Crippen LogP contribution in [0.15, 0.2) is 64.5 Å². The lowest BCUT2D eigenvalue weighted by Crippen LogP contribution is -2.43. The first-order valence-corrected chi connectivity index (χ1v) is 11.3. The number of hydrogen-bond donors (Lipinski definition) is 5. The van der Waals surface area contributed by atoms with Crippen molar-refractivity contribution >= 4 is 35.1 Å². The molecule has 1 fully saturated rings. The van der Waals surface area contributed by atoms with Gasteiger partial charge in [-0.1, -0.05) is 36.7 Å². The molecule has 0 radical (unpaired) electrons. The van der Waals surface area contributed by atoms with E-state index in [4.69, 9.17) is 11.5 Å². The summed E-state index contributed by atoms with van der Waals surface area (Å²) < 4.78 is 0. The molecule has 8 nitrogen and oxygen atoms in total. The number of aromatic hydroxyl groups is 1. The van der Waals surface area contributed by atoms with Crippen molar-refractivity contribution in [2.75, 3.05) is 10.6 Å². The number of nitrogens with one attached hydrogen (secondary N) is 2. The number of carbonyl (C=O) groups excluding carboxylic acids is 1. The molecule has 0 aliphatic heterocycles. The van der Waals surface area contributed by atoms with Crippen LogP contribution in [0, 0.1) is 0 Å². The van der Waals surface area contributed by atoms with E-state index >= 15 is 0 Å². The first kappa shape index (κ1) is 21.9. The van der Waals surface area contributed by atoms with Crippen molar-refractivity contribution in [2.45, 2.75) is 47.6 Å². The fourth-order valence-corrected chi connectivity index (χ4v) is 4.62. The number of carbonyl (C=O) groups is 1. The molecule has 2 aromatic carbocycles. The maximum Gasteiger partial charge on any atom is 0.254 e. The van der Waals surface area contributed by atoms with E-state index in [0.717, 1.165) is 41.2 Å². The summed E-state index contributed by atoms with van der Waals surface area (Å²) in [6.45, 7) is 0. The monoisotopic (exact) mass is 450 g/mol. The maximum atomic E-state index is 11.9. The van der Waals surface area contributed by atoms with E-state index in [9.17, 15) is 9.90 Å². The first-order valence-electron chi connectivity index (χ1n) is 10.5. The van der Waals surface area contributed by atoms with Crippen molar-refractivity contribution in [1.82, 2.24) is 9.97 Å². The number of amides is 1. The highest BCUT2D eigenvalue weighted by molar-refractivity contribution is 7.99. The van der Waals surface area contributed by atoms with Crippen LogP contribution in [-0.4, -0.2) is 33.1 Å². The minimum atomic E-state index is -0.612. The van der Waals surface area contributed by atoms with Crippen LogP contribution in [0.2, 0.25) is 0 Å². The Kier molecular flexibility index (Phi) is 6.77. The molecule has 0 unspecified atom stereocenters. The van der Waals surface area contributed by atoms with E-state index in [-0.39, 0.29) is 23.4 Å². The molecule has 1 aliphatic rings. The number of primary amides is 1. The van der Waals surface area contributed by atoms with Gasteiger partial charge in [-0.2, -0.15) is 4.98 Å². The van der Waals surface area contributed by atoms with Crippen LogP contribution in [0.5, 0.6) is 5.75 Å². The number of nitrogens with two attached hydrogens (primary N) is 2. The van der Waals surface area contributed by atoms with Crippen molar-refractivity contribution in [1.29, 1.82) is 0 Å². The van der Waals surface area contributed by atoms with Crippen LogP contribution in [-0.2, 0) is 0 Å². The zero-order chi connectivity index (χ0) is 22.5. The van der Waals surface area contributed by atoms with Gasteiger partial charge in [-0.05, 0) is 49.2 Å². The van der Waals surface area contributed by atoms with E-state index in [0.29, 0.717) is 11.8 Å². The van der Waals surface area contributed by atoms with Gasteiger partial charge in [-0.25, -0.2) is 4.98 Å². The Balaban J connectivity index is 1.55. The number of benzene rings is 2. The van der Waals surface area contributed by atoms with Gasteiger partial charge in [0.25, 0.3) is 5.91 Å². The van der Waals surface area contributed by atoms with Crippen LogP contribution in [0.25, 0.3) is 0 Å². The van der Waals surface area contributed by atoms with Crippen LogP contribution < -0.4 is 22.1 Å². The highest BCUT2D eigenvalue weighted by Crippen LogP contribution is 2.32. The molecule has 1 saturated carbocycles. The Labute approximate surface area is 190 Å². The molecular weight excluding hydrogens is 424 g/mol. The molecule has 1 aliphatic carbocycles. The maximum absolute atomic E-state index is 11.9. The van der Waals surface area contributed by atoms with Crippen molar-refractivity contribution in [2.24, 2.45) is 11.5 Å². The second kappa shape index (κ2) is 9.88. The van der Waals surface area contributed by atoms with Crippen LogP contribution in [0.4, 0.5) is 17.5 Å². The van der Waals surface area contributed by atoms with Gasteiger partial charge >= 0.3 is 0 Å². The number of anilines is 3. The van der Waals surface area contributed by atoms with E-state index < -0.39 is 5.91 Å². The standard InChI is InChI=1S/C23H26N6O2S/c24-19-9-1-2-10-20(19)28-23-26-13-18(21(25)31)22(29-23)27-14-5-3-7-16(11-14)32-17-8-4-6-15(30)12-17/h3-8,11-13,19-20,30H,1-2,9-10,24H2,(H2,25,31)(H2,26,27,28,29)/t19-,20+/m0/s1. The molecule has 1 amide bonds. The van der Waals surface area contributed by atoms with Gasteiger partial charge in [0.15, 0.2) is 0 Å². The molecule has 3 aromatic rings. The third-order valence-electron chi connectivity index (χ3n) is 5.34. The number of phenolic OH excluding ortho intramolecular Hbond substituents is 1. The van der Waals surface area contributed by atoms with E-state index in [1.165, 1.54) is 18.0 Å². The molecule has 0 spiro atoms. The van der Waals surface area contributed by atoms with Crippen molar-refractivity contribution in [3.8, 4) is 5.75 Å². The number of aromatic nitrogens is 2. The molecule has 7 N–H and O–H groups in total. The zero-order valence-corrected chi connectivity index (χ0v) is 18.3. The topological polar surface area (TPSA) is 139 Å². The van der Waals surface area contributed by atoms with Gasteiger partial charge < -0.3 is 27.2 Å². The minimum Gasteiger partial charge on any atom is -0.508 e. The summed E-state index contributed by atoms with van der Waals surface area (Å²) in [4.78, 5) is 22.6. The Morgan fingerprint density at radius 1 is 1.09 bits per heavy atom. The summed E-state index contributed by atoms with van der Waals surface area (Å²) in [6, 6.07) is 14.9. The summed E-state index contributed by atoms with van der Waals surface area (Å²) in [5.74, 6) is 0.344. The summed E-state index contributed by atoms with van der Waals surface area (Å²) in [5.41, 5.74) is 12.7. The minimum absolute atomic E-state index is 0.0469. The first-order chi connectivity index (χ1) is 15.5. The van der Waals surface area contributed by atoms with Gasteiger partial charge in [0, 0.05) is 33.8 Å². The van der Waals surface area contributed by atoms with Gasteiger partial charge in [0.2, 0.25) is 5.95 Å². The smallest absolute Gasteiger partial charge is 0.254 e. The Morgan fingerprint density at radius 3 is 2.59 bits per heavy atom. The van der Waals surface area contributed by atoms with Gasteiger partial charge in [0.05, 0.1) is 0 Å². The summed E-state index contributed by atoms with van der Waals surface area (Å²) in [7, 11) is 0. The Bertz CT molecular complexity index is 1110. The lowest BCUT2D eigenvalue weighted by atomic mass is 9.91. The summed E-state index contributed by atoms with van der Waals surface area (Å²) in [5, 5.41) is 16.2. The van der Waals surface area contributed by atoms with Crippen LogP contribution in [0.1, 0.15) is 36.0 Å². The van der Waals surface area contributed by atoms with Crippen molar-refractivity contribution < 1.29 is 9.90 Å². The number of nitrogens with zero attached hydrogens (tertiary/aromatic N) is 2. The van der Waals surface area contributed by atoms with E-state index in [1.807, 2.05) is 30.3 Å². The van der Waals surface area contributed by atoms with Gasteiger partial charge in [-0.15, -0.1) is 0 Å². The number of rotatable bonds is 7. The molecule has 32 heavy (non-hydrogen) atoms. The molecule has 9 heteroatoms. The second-order valence-electron chi connectivity index (χ2n) is 7.77. The van der Waals surface area contributed by atoms with Crippen LogP contribution in [0.3, 0.4) is 0 Å². The Morgan fingerprint density at radius 2 is 1.84 bits per heavy atom. The van der Waals surface area contributed by atoms with Crippen LogP contribution >= 0.6 is 11.8 Å². The average molecular weight is 451 g/mol. The fourth-order valence-electron chi connectivity index (χ4n) is 3.69. The van der Waals surface area contributed by atoms with Gasteiger partial charge in [0.1, 0.15) is 17.1 Å². The molecular formula is C23H26N6O2S. The summed E-state index contributed by atoms with van der Waals surface area (Å²) >= 11 is 1.51. The third kappa shape index (κ3) is 5.49. The van der Waals surface area contributed by atoms with E-state index in [2.05, 4.69) is 20.6 Å². The second-order valence-corrected chi connectivity index (χ2v) is 8.92. The largest absolute Gasteiger partial charge is 0.508 e. The lowest BCUT2D eigenvalue weighted by Gasteiger charge is -2.29. The highest BCUT2D eigenvalue weighted by Gasteiger charge is 2.23. The molecule has 1 heterocycles. The Hall–Kier alpha value is -3.30. The highest BCUT2D eigenvalue weighted by atomic mass is 32.2. The normalized spacial score (nSPS) is 18.2. The predicted molar refractivity (Wildman–Crippen MR) is 126 cm³/mol. The number of hydrogen-bond acceptors (Lipinski definition) is 8. The molecule has 1 aromatic heterocycles. The lowest BCUT2D eigenvalue weighted by molar-refractivity contribution is 0.100.